The molecule has 0 heterocycles. The van der Waals surface area contributed by atoms with E-state index in [-0.39, 0.29) is 33.4 Å². The SMILES string of the molecule is CC1=CC(=NS(=O)(=O)c2ccc(C)cc2)C=C(O/N=C2\C(=O)C=Cc3ccccc32)C1=O. The summed E-state index contributed by atoms with van der Waals surface area (Å²) < 4.78 is 29.1. The van der Waals surface area contributed by atoms with E-state index < -0.39 is 15.8 Å². The number of oxime groups is 1. The second-order valence-electron chi connectivity index (χ2n) is 7.29. The molecule has 0 aromatic heterocycles. The van der Waals surface area contributed by atoms with Crippen molar-refractivity contribution in [2.75, 3.05) is 0 Å². The Bertz CT molecular complexity index is 1390. The Kier molecular flexibility index (Phi) is 5.54. The van der Waals surface area contributed by atoms with Gasteiger partial charge in [-0.2, -0.15) is 12.8 Å². The van der Waals surface area contributed by atoms with Crippen LogP contribution in [-0.2, 0) is 24.4 Å². The summed E-state index contributed by atoms with van der Waals surface area (Å²) in [5.41, 5.74) is 2.59. The normalized spacial score (nSPS) is 18.4. The Morgan fingerprint density at radius 1 is 0.875 bits per heavy atom. The second-order valence-corrected chi connectivity index (χ2v) is 8.89. The standard InChI is InChI=1S/C24H18N2O5S/c1-15-7-10-19(11-8-15)32(29,30)26-18-13-16(2)24(28)22(14-18)31-25-23-20-6-4-3-5-17(20)9-12-21(23)27/h3-14H,1-2H3/b25-23-,26-18?. The summed E-state index contributed by atoms with van der Waals surface area (Å²) in [7, 11) is -3.99. The Balaban J connectivity index is 1.67. The quantitative estimate of drug-likeness (QED) is 0.528. The minimum Gasteiger partial charge on any atom is -0.352 e. The van der Waals surface area contributed by atoms with Gasteiger partial charge in [0, 0.05) is 17.2 Å². The molecule has 2 aliphatic carbocycles. The first-order chi connectivity index (χ1) is 15.2. The van der Waals surface area contributed by atoms with Crippen LogP contribution in [0, 0.1) is 6.92 Å². The summed E-state index contributed by atoms with van der Waals surface area (Å²) >= 11 is 0. The number of carbonyl (C=O) groups excluding carboxylic acids is 2. The zero-order chi connectivity index (χ0) is 22.9. The van der Waals surface area contributed by atoms with Gasteiger partial charge in [0.1, 0.15) is 0 Å². The van der Waals surface area contributed by atoms with Crippen LogP contribution in [0.2, 0.25) is 0 Å². The molecule has 160 valence electrons. The van der Waals surface area contributed by atoms with Gasteiger partial charge in [0.25, 0.3) is 10.0 Å². The van der Waals surface area contributed by atoms with Crippen LogP contribution in [0.1, 0.15) is 23.6 Å². The van der Waals surface area contributed by atoms with Crippen LogP contribution < -0.4 is 0 Å². The highest BCUT2D eigenvalue weighted by Crippen LogP contribution is 2.21. The molecule has 0 atom stereocenters. The van der Waals surface area contributed by atoms with Gasteiger partial charge in [-0.1, -0.05) is 53.2 Å². The predicted octanol–water partition coefficient (Wildman–Crippen LogP) is 3.55. The van der Waals surface area contributed by atoms with Crippen LogP contribution in [0.4, 0.5) is 0 Å². The van der Waals surface area contributed by atoms with Crippen molar-refractivity contribution in [3.63, 3.8) is 0 Å². The van der Waals surface area contributed by atoms with Crippen LogP contribution in [0.15, 0.2) is 92.5 Å². The third-order valence-electron chi connectivity index (χ3n) is 4.87. The average molecular weight is 446 g/mol. The van der Waals surface area contributed by atoms with Crippen LogP contribution in [0.25, 0.3) is 6.08 Å². The van der Waals surface area contributed by atoms with Crippen molar-refractivity contribution < 1.29 is 22.8 Å². The molecule has 32 heavy (non-hydrogen) atoms. The highest BCUT2D eigenvalue weighted by molar-refractivity contribution is 7.90. The molecule has 0 amide bonds. The van der Waals surface area contributed by atoms with E-state index in [0.29, 0.717) is 5.56 Å². The highest BCUT2D eigenvalue weighted by Gasteiger charge is 2.24. The number of ketones is 2. The summed E-state index contributed by atoms with van der Waals surface area (Å²) in [6.07, 6.45) is 5.60. The van der Waals surface area contributed by atoms with E-state index in [1.807, 2.05) is 19.1 Å². The molecular formula is C24H18N2O5S. The zero-order valence-electron chi connectivity index (χ0n) is 17.3. The minimum atomic E-state index is -3.99. The number of hydrogen-bond acceptors (Lipinski definition) is 6. The number of hydrogen-bond donors (Lipinski definition) is 0. The maximum atomic E-state index is 12.6. The number of rotatable bonds is 4. The fraction of sp³-hybridized carbons (Fsp3) is 0.0833. The monoisotopic (exact) mass is 446 g/mol. The Morgan fingerprint density at radius 2 is 1.59 bits per heavy atom. The van der Waals surface area contributed by atoms with Crippen molar-refractivity contribution in [1.82, 2.24) is 0 Å². The van der Waals surface area contributed by atoms with Gasteiger partial charge in [-0.3, -0.25) is 9.59 Å². The van der Waals surface area contributed by atoms with Gasteiger partial charge in [-0.05, 0) is 43.7 Å². The van der Waals surface area contributed by atoms with E-state index in [2.05, 4.69) is 9.55 Å². The lowest BCUT2D eigenvalue weighted by atomic mass is 9.95. The van der Waals surface area contributed by atoms with Gasteiger partial charge < -0.3 is 4.84 Å². The summed E-state index contributed by atoms with van der Waals surface area (Å²) in [6.45, 7) is 3.36. The van der Waals surface area contributed by atoms with Gasteiger partial charge in [0.05, 0.1) is 10.6 Å². The lowest BCUT2D eigenvalue weighted by Crippen LogP contribution is -2.20. The Labute approximate surface area is 185 Å². The van der Waals surface area contributed by atoms with Gasteiger partial charge >= 0.3 is 0 Å². The summed E-state index contributed by atoms with van der Waals surface area (Å²) in [6, 6.07) is 13.4. The molecule has 2 aromatic carbocycles. The van der Waals surface area contributed by atoms with E-state index in [4.69, 9.17) is 4.84 Å². The largest absolute Gasteiger partial charge is 0.352 e. The molecule has 4 rings (SSSR count). The van der Waals surface area contributed by atoms with Crippen molar-refractivity contribution in [3.8, 4) is 0 Å². The topological polar surface area (TPSA) is 102 Å². The molecule has 0 bridgehead atoms. The maximum absolute atomic E-state index is 12.6. The van der Waals surface area contributed by atoms with E-state index in [0.717, 1.165) is 11.1 Å². The molecule has 0 spiro atoms. The molecule has 0 unspecified atom stereocenters. The second kappa shape index (κ2) is 8.32. The molecule has 0 N–H and O–H groups in total. The van der Waals surface area contributed by atoms with Crippen molar-refractivity contribution in [3.05, 3.63) is 94.8 Å². The molecular weight excluding hydrogens is 428 g/mol. The van der Waals surface area contributed by atoms with Gasteiger partial charge in [0.2, 0.25) is 17.3 Å². The van der Waals surface area contributed by atoms with Gasteiger partial charge in [-0.25, -0.2) is 0 Å². The van der Waals surface area contributed by atoms with Crippen LogP contribution in [0.5, 0.6) is 0 Å². The highest BCUT2D eigenvalue weighted by atomic mass is 32.2. The Hall–Kier alpha value is -3.91. The smallest absolute Gasteiger partial charge is 0.282 e. The average Bonchev–Trinajstić information content (AvgIpc) is 2.76. The number of nitrogens with zero attached hydrogens (tertiary/aromatic N) is 2. The first-order valence-corrected chi connectivity index (χ1v) is 11.1. The van der Waals surface area contributed by atoms with E-state index in [9.17, 15) is 18.0 Å². The van der Waals surface area contributed by atoms with Crippen molar-refractivity contribution in [2.45, 2.75) is 18.7 Å². The molecule has 2 aromatic rings. The van der Waals surface area contributed by atoms with E-state index in [1.165, 1.54) is 37.3 Å². The number of benzene rings is 2. The van der Waals surface area contributed by atoms with Gasteiger partial charge in [-0.15, -0.1) is 0 Å². The van der Waals surface area contributed by atoms with E-state index >= 15 is 0 Å². The van der Waals surface area contributed by atoms with Gasteiger partial charge in [0.15, 0.2) is 5.71 Å². The number of Topliss-reactive ketones (excluding diaryl/α,β-unsaturated/α-hetero) is 1. The lowest BCUT2D eigenvalue weighted by molar-refractivity contribution is -0.115. The lowest BCUT2D eigenvalue weighted by Gasteiger charge is -2.13. The first kappa shape index (κ1) is 21.3. The third-order valence-corrected chi connectivity index (χ3v) is 6.19. The first-order valence-electron chi connectivity index (χ1n) is 9.68. The summed E-state index contributed by atoms with van der Waals surface area (Å²) in [5.74, 6) is -1.07. The third kappa shape index (κ3) is 4.26. The predicted molar refractivity (Wildman–Crippen MR) is 121 cm³/mol. The van der Waals surface area contributed by atoms with Crippen molar-refractivity contribution >= 4 is 39.1 Å². The number of fused-ring (bicyclic) bond motifs is 1. The molecule has 0 saturated carbocycles. The zero-order valence-corrected chi connectivity index (χ0v) is 18.1. The molecule has 0 fully saturated rings. The molecule has 7 nitrogen and oxygen atoms in total. The van der Waals surface area contributed by atoms with Crippen LogP contribution in [-0.4, -0.2) is 31.4 Å². The van der Waals surface area contributed by atoms with Crippen molar-refractivity contribution in [2.24, 2.45) is 9.55 Å². The maximum Gasteiger partial charge on any atom is 0.282 e. The molecule has 0 saturated heterocycles. The van der Waals surface area contributed by atoms with Crippen molar-refractivity contribution in [1.29, 1.82) is 0 Å². The number of allylic oxidation sites excluding steroid dienone is 4. The summed E-state index contributed by atoms with van der Waals surface area (Å²) in [5, 5.41) is 3.91. The molecule has 2 aliphatic rings. The molecule has 8 heteroatoms. The van der Waals surface area contributed by atoms with E-state index in [1.54, 1.807) is 30.3 Å². The fourth-order valence-corrected chi connectivity index (χ4v) is 4.14. The number of sulfonamides is 1. The Morgan fingerprint density at radius 3 is 2.34 bits per heavy atom. The van der Waals surface area contributed by atoms with Crippen LogP contribution in [0.3, 0.4) is 0 Å². The number of aryl methyl sites for hydroxylation is 1. The number of carbonyl (C=O) groups is 2. The summed E-state index contributed by atoms with van der Waals surface area (Å²) in [4.78, 5) is 30.2. The fourth-order valence-electron chi connectivity index (χ4n) is 3.17. The van der Waals surface area contributed by atoms with Crippen LogP contribution >= 0.6 is 0 Å². The molecule has 0 radical (unpaired) electrons. The minimum absolute atomic E-state index is 0.0214. The molecule has 0 aliphatic heterocycles.